The lowest BCUT2D eigenvalue weighted by molar-refractivity contribution is -0.145. The van der Waals surface area contributed by atoms with E-state index in [2.05, 4.69) is 15.8 Å². The molecule has 0 heterocycles. The van der Waals surface area contributed by atoms with Gasteiger partial charge in [-0.2, -0.15) is 5.10 Å². The second-order valence-electron chi connectivity index (χ2n) is 7.11. The molecule has 1 atom stereocenters. The van der Waals surface area contributed by atoms with Crippen molar-refractivity contribution in [1.82, 2.24) is 10.7 Å². The van der Waals surface area contributed by atoms with Crippen LogP contribution in [-0.2, 0) is 14.3 Å². The Morgan fingerprint density at radius 2 is 1.88 bits per heavy atom. The number of carbonyl (C=O) groups is 3. The highest BCUT2D eigenvalue weighted by Crippen LogP contribution is 2.13. The third kappa shape index (κ3) is 8.03. The molecule has 2 aromatic rings. The maximum Gasteiger partial charge on any atom is 0.344 e. The minimum absolute atomic E-state index is 0.173. The number of hydrogen-bond acceptors (Lipinski definition) is 6. The predicted molar refractivity (Wildman–Crippen MR) is 122 cm³/mol. The van der Waals surface area contributed by atoms with Gasteiger partial charge in [0.05, 0.1) is 12.8 Å². The summed E-state index contributed by atoms with van der Waals surface area (Å²) in [5.74, 6) is -1.04. The second kappa shape index (κ2) is 12.5. The van der Waals surface area contributed by atoms with E-state index >= 15 is 0 Å². The largest absolute Gasteiger partial charge is 0.482 e. The van der Waals surface area contributed by atoms with Crippen LogP contribution in [0.4, 0.5) is 0 Å². The molecule has 2 amide bonds. The van der Waals surface area contributed by atoms with Gasteiger partial charge in [0.1, 0.15) is 11.8 Å². The molecule has 9 heteroatoms. The van der Waals surface area contributed by atoms with Gasteiger partial charge in [-0.15, -0.1) is 0 Å². The van der Waals surface area contributed by atoms with Crippen LogP contribution in [0.5, 0.6) is 5.75 Å². The highest BCUT2D eigenvalue weighted by Gasteiger charge is 2.24. The molecule has 1 unspecified atom stereocenters. The molecule has 0 aliphatic heterocycles. The maximum atomic E-state index is 12.6. The SMILES string of the molecule is CCOC(=O)COc1cccc(C=NNC(=O)C(NC(=O)c2cccc(Cl)c2)C(C)C)c1. The molecule has 0 saturated carbocycles. The number of benzene rings is 2. The number of amides is 2. The molecule has 0 aromatic heterocycles. The average molecular weight is 460 g/mol. The number of hydrogen-bond donors (Lipinski definition) is 2. The highest BCUT2D eigenvalue weighted by atomic mass is 35.5. The van der Waals surface area contributed by atoms with Crippen LogP contribution in [0.2, 0.25) is 5.02 Å². The van der Waals surface area contributed by atoms with Gasteiger partial charge >= 0.3 is 5.97 Å². The first-order valence-corrected chi connectivity index (χ1v) is 10.5. The fraction of sp³-hybridized carbons (Fsp3) is 0.304. The Morgan fingerprint density at radius 1 is 1.12 bits per heavy atom. The standard InChI is InChI=1S/C23H26ClN3O5/c1-4-31-20(28)14-32-19-10-5-7-16(11-19)13-25-27-23(30)21(15(2)3)26-22(29)17-8-6-9-18(24)12-17/h5-13,15,21H,4,14H2,1-3H3,(H,26,29)(H,27,30). The van der Waals surface area contributed by atoms with Crippen LogP contribution < -0.4 is 15.5 Å². The molecule has 0 aliphatic rings. The summed E-state index contributed by atoms with van der Waals surface area (Å²) in [5.41, 5.74) is 3.45. The Hall–Kier alpha value is -3.39. The van der Waals surface area contributed by atoms with Crippen molar-refractivity contribution in [2.45, 2.75) is 26.8 Å². The molecule has 2 rings (SSSR count). The summed E-state index contributed by atoms with van der Waals surface area (Å²) < 4.78 is 10.2. The van der Waals surface area contributed by atoms with Crippen LogP contribution >= 0.6 is 11.6 Å². The number of nitrogens with zero attached hydrogens (tertiary/aromatic N) is 1. The maximum absolute atomic E-state index is 12.6. The van der Waals surface area contributed by atoms with Gasteiger partial charge in [-0.25, -0.2) is 10.2 Å². The van der Waals surface area contributed by atoms with Crippen molar-refractivity contribution in [3.63, 3.8) is 0 Å². The molecule has 0 bridgehead atoms. The van der Waals surface area contributed by atoms with E-state index in [0.717, 1.165) is 0 Å². The number of esters is 1. The van der Waals surface area contributed by atoms with Crippen molar-refractivity contribution in [2.75, 3.05) is 13.2 Å². The smallest absolute Gasteiger partial charge is 0.344 e. The summed E-state index contributed by atoms with van der Waals surface area (Å²) in [6, 6.07) is 12.5. The lowest BCUT2D eigenvalue weighted by Gasteiger charge is -2.20. The van der Waals surface area contributed by atoms with Crippen molar-refractivity contribution in [3.05, 3.63) is 64.7 Å². The van der Waals surface area contributed by atoms with Crippen molar-refractivity contribution in [2.24, 2.45) is 11.0 Å². The minimum atomic E-state index is -0.794. The van der Waals surface area contributed by atoms with Crippen LogP contribution in [-0.4, -0.2) is 43.3 Å². The van der Waals surface area contributed by atoms with Crippen molar-refractivity contribution in [3.8, 4) is 5.75 Å². The van der Waals surface area contributed by atoms with Crippen LogP contribution in [0.1, 0.15) is 36.7 Å². The van der Waals surface area contributed by atoms with Gasteiger partial charge in [-0.1, -0.05) is 43.6 Å². The van der Waals surface area contributed by atoms with Crippen molar-refractivity contribution >= 4 is 35.6 Å². The van der Waals surface area contributed by atoms with E-state index in [1.165, 1.54) is 12.3 Å². The van der Waals surface area contributed by atoms with E-state index in [1.807, 2.05) is 13.8 Å². The molecule has 0 spiro atoms. The van der Waals surface area contributed by atoms with E-state index < -0.39 is 23.8 Å². The summed E-state index contributed by atoms with van der Waals surface area (Å²) >= 11 is 5.93. The molecule has 2 N–H and O–H groups in total. The van der Waals surface area contributed by atoms with E-state index in [1.54, 1.807) is 49.4 Å². The summed E-state index contributed by atoms with van der Waals surface area (Å²) in [4.78, 5) is 36.4. The highest BCUT2D eigenvalue weighted by molar-refractivity contribution is 6.31. The van der Waals surface area contributed by atoms with Gasteiger partial charge in [0.15, 0.2) is 6.61 Å². The zero-order chi connectivity index (χ0) is 23.5. The Morgan fingerprint density at radius 3 is 2.56 bits per heavy atom. The first-order valence-electron chi connectivity index (χ1n) is 10.1. The fourth-order valence-corrected chi connectivity index (χ4v) is 2.85. The molecular weight excluding hydrogens is 434 g/mol. The topological polar surface area (TPSA) is 106 Å². The zero-order valence-corrected chi connectivity index (χ0v) is 18.9. The van der Waals surface area contributed by atoms with Gasteiger partial charge in [-0.3, -0.25) is 9.59 Å². The quantitative estimate of drug-likeness (QED) is 0.322. The van der Waals surface area contributed by atoms with E-state index in [4.69, 9.17) is 21.1 Å². The van der Waals surface area contributed by atoms with Crippen LogP contribution in [0, 0.1) is 5.92 Å². The second-order valence-corrected chi connectivity index (χ2v) is 7.54. The lowest BCUT2D eigenvalue weighted by atomic mass is 10.0. The van der Waals surface area contributed by atoms with Crippen LogP contribution in [0.25, 0.3) is 0 Å². The van der Waals surface area contributed by atoms with Gasteiger partial charge in [0.2, 0.25) is 0 Å². The molecule has 0 radical (unpaired) electrons. The molecule has 2 aromatic carbocycles. The zero-order valence-electron chi connectivity index (χ0n) is 18.1. The molecule has 8 nitrogen and oxygen atoms in total. The summed E-state index contributed by atoms with van der Waals surface area (Å²) in [5, 5.41) is 7.10. The van der Waals surface area contributed by atoms with Crippen LogP contribution in [0.3, 0.4) is 0 Å². The molecule has 170 valence electrons. The minimum Gasteiger partial charge on any atom is -0.482 e. The summed E-state index contributed by atoms with van der Waals surface area (Å²) in [6.45, 7) is 5.43. The number of nitrogens with one attached hydrogen (secondary N) is 2. The number of rotatable bonds is 10. The third-order valence-corrected chi connectivity index (χ3v) is 4.47. The van der Waals surface area contributed by atoms with E-state index in [0.29, 0.717) is 21.9 Å². The number of hydrazone groups is 1. The van der Waals surface area contributed by atoms with Gasteiger partial charge in [-0.05, 0) is 48.7 Å². The Labute approximate surface area is 191 Å². The van der Waals surface area contributed by atoms with Gasteiger partial charge in [0, 0.05) is 10.6 Å². The molecule has 0 aliphatic carbocycles. The summed E-state index contributed by atoms with van der Waals surface area (Å²) in [6.07, 6.45) is 1.44. The molecule has 32 heavy (non-hydrogen) atoms. The summed E-state index contributed by atoms with van der Waals surface area (Å²) in [7, 11) is 0. The monoisotopic (exact) mass is 459 g/mol. The number of halogens is 1. The number of ether oxygens (including phenoxy) is 2. The van der Waals surface area contributed by atoms with Crippen LogP contribution in [0.15, 0.2) is 53.6 Å². The molecule has 0 saturated heterocycles. The van der Waals surface area contributed by atoms with E-state index in [9.17, 15) is 14.4 Å². The fourth-order valence-electron chi connectivity index (χ4n) is 2.66. The Balaban J connectivity index is 1.96. The molecule has 0 fully saturated rings. The third-order valence-electron chi connectivity index (χ3n) is 4.23. The van der Waals surface area contributed by atoms with Crippen molar-refractivity contribution in [1.29, 1.82) is 0 Å². The Bertz CT molecular complexity index is 978. The first kappa shape index (κ1) is 24.9. The van der Waals surface area contributed by atoms with Gasteiger partial charge in [0.25, 0.3) is 11.8 Å². The molecular formula is C23H26ClN3O5. The lowest BCUT2D eigenvalue weighted by Crippen LogP contribution is -2.48. The number of carbonyl (C=O) groups excluding carboxylic acids is 3. The predicted octanol–water partition coefficient (Wildman–Crippen LogP) is 3.19. The first-order chi connectivity index (χ1) is 15.3. The van der Waals surface area contributed by atoms with Gasteiger partial charge < -0.3 is 14.8 Å². The average Bonchev–Trinajstić information content (AvgIpc) is 2.76. The van der Waals surface area contributed by atoms with E-state index in [-0.39, 0.29) is 19.1 Å². The van der Waals surface area contributed by atoms with Crippen molar-refractivity contribution < 1.29 is 23.9 Å². The normalized spacial score (nSPS) is 11.8. The Kier molecular flexibility index (Phi) is 9.69.